The average Bonchev–Trinajstić information content (AvgIpc) is 2.67. The Morgan fingerprint density at radius 2 is 2.29 bits per heavy atom. The average molecular weight is 255 g/mol. The van der Waals surface area contributed by atoms with Gasteiger partial charge in [0, 0.05) is 13.0 Å². The van der Waals surface area contributed by atoms with Crippen LogP contribution in [0.15, 0.2) is 6.20 Å². The van der Waals surface area contributed by atoms with Crippen LogP contribution >= 0.6 is 11.6 Å². The molecule has 0 unspecified atom stereocenters. The maximum absolute atomic E-state index is 10.9. The molecule has 0 amide bonds. The van der Waals surface area contributed by atoms with E-state index in [1.54, 1.807) is 17.8 Å². The van der Waals surface area contributed by atoms with Gasteiger partial charge in [0.05, 0.1) is 13.3 Å². The number of methoxy groups -OCH3 is 1. The van der Waals surface area contributed by atoms with Crippen LogP contribution < -0.4 is 4.74 Å². The molecule has 2 rings (SSSR count). The van der Waals surface area contributed by atoms with E-state index in [-0.39, 0.29) is 11.1 Å². The molecule has 0 aromatic carbocycles. The Balaban J connectivity index is 2.39. The predicted octanol–water partition coefficient (Wildman–Crippen LogP) is 1.47. The van der Waals surface area contributed by atoms with Gasteiger partial charge in [0.25, 0.3) is 0 Å². The second kappa shape index (κ2) is 4.67. The molecule has 0 aliphatic rings. The van der Waals surface area contributed by atoms with Crippen LogP contribution in [0, 0.1) is 0 Å². The van der Waals surface area contributed by atoms with Gasteiger partial charge in [-0.25, -0.2) is 4.98 Å². The third-order valence-electron chi connectivity index (χ3n) is 2.24. The van der Waals surface area contributed by atoms with Crippen molar-refractivity contribution in [3.63, 3.8) is 0 Å². The number of carbonyl (C=O) groups excluding carboxylic acids is 1. The van der Waals surface area contributed by atoms with E-state index in [0.717, 1.165) is 0 Å². The lowest BCUT2D eigenvalue weighted by Crippen LogP contribution is -2.02. The summed E-state index contributed by atoms with van der Waals surface area (Å²) >= 11 is 5.75. The van der Waals surface area contributed by atoms with Gasteiger partial charge in [0.1, 0.15) is 11.3 Å². The van der Waals surface area contributed by atoms with Gasteiger partial charge in [0.2, 0.25) is 11.2 Å². The molecule has 2 aromatic heterocycles. The molecular weight excluding hydrogens is 244 g/mol. The molecule has 0 radical (unpaired) electrons. The monoisotopic (exact) mass is 254 g/mol. The lowest BCUT2D eigenvalue weighted by Gasteiger charge is -1.98. The molecule has 2 aromatic rings. The van der Waals surface area contributed by atoms with Crippen molar-refractivity contribution in [2.45, 2.75) is 19.9 Å². The Kier molecular flexibility index (Phi) is 3.23. The van der Waals surface area contributed by atoms with Crippen LogP contribution in [0.2, 0.25) is 5.28 Å². The Bertz CT molecular complexity index is 567. The zero-order valence-corrected chi connectivity index (χ0v) is 10.2. The van der Waals surface area contributed by atoms with Gasteiger partial charge in [0.15, 0.2) is 5.52 Å². The summed E-state index contributed by atoms with van der Waals surface area (Å²) in [7, 11) is 1.49. The van der Waals surface area contributed by atoms with Crippen LogP contribution in [0.25, 0.3) is 11.0 Å². The summed E-state index contributed by atoms with van der Waals surface area (Å²) in [6, 6.07) is 0. The van der Waals surface area contributed by atoms with Gasteiger partial charge in [-0.3, -0.25) is 9.48 Å². The van der Waals surface area contributed by atoms with E-state index >= 15 is 0 Å². The molecule has 17 heavy (non-hydrogen) atoms. The molecule has 0 N–H and O–H groups in total. The van der Waals surface area contributed by atoms with Crippen molar-refractivity contribution in [3.05, 3.63) is 11.5 Å². The normalized spacial score (nSPS) is 10.8. The van der Waals surface area contributed by atoms with E-state index in [2.05, 4.69) is 15.1 Å². The van der Waals surface area contributed by atoms with Gasteiger partial charge in [-0.05, 0) is 18.5 Å². The van der Waals surface area contributed by atoms with E-state index in [1.807, 2.05) is 0 Å². The third-order valence-corrected chi connectivity index (χ3v) is 2.41. The van der Waals surface area contributed by atoms with Gasteiger partial charge >= 0.3 is 0 Å². The summed E-state index contributed by atoms with van der Waals surface area (Å²) in [6.45, 7) is 2.05. The highest BCUT2D eigenvalue weighted by atomic mass is 35.5. The highest BCUT2D eigenvalue weighted by Gasteiger charge is 2.11. The first-order valence-corrected chi connectivity index (χ1v) is 5.42. The molecular formula is C10H11ClN4O2. The first-order chi connectivity index (χ1) is 8.10. The zero-order valence-electron chi connectivity index (χ0n) is 9.47. The standard InChI is InChI=1S/C10H11ClN4O2/c1-6(16)3-4-15-5-7-8(14-15)9(17-2)13-10(11)12-7/h5H,3-4H2,1-2H3. The molecule has 0 bridgehead atoms. The predicted molar refractivity (Wildman–Crippen MR) is 62.2 cm³/mol. The van der Waals surface area contributed by atoms with Crippen LogP contribution in [0.1, 0.15) is 13.3 Å². The Morgan fingerprint density at radius 3 is 2.94 bits per heavy atom. The lowest BCUT2D eigenvalue weighted by molar-refractivity contribution is -0.117. The number of Topliss-reactive ketones (excluding diaryl/α,β-unsaturated/α-hetero) is 1. The number of halogens is 1. The highest BCUT2D eigenvalue weighted by Crippen LogP contribution is 2.22. The largest absolute Gasteiger partial charge is 0.479 e. The number of hydrogen-bond donors (Lipinski definition) is 0. The Labute approximate surface area is 103 Å². The SMILES string of the molecule is COc1nc(Cl)nc2cn(CCC(C)=O)nc12. The maximum atomic E-state index is 10.9. The van der Waals surface area contributed by atoms with Crippen molar-refractivity contribution < 1.29 is 9.53 Å². The minimum Gasteiger partial charge on any atom is -0.479 e. The molecule has 0 atom stereocenters. The molecule has 0 saturated carbocycles. The highest BCUT2D eigenvalue weighted by molar-refractivity contribution is 6.28. The smallest absolute Gasteiger partial charge is 0.246 e. The van der Waals surface area contributed by atoms with Gasteiger partial charge < -0.3 is 4.74 Å². The summed E-state index contributed by atoms with van der Waals surface area (Å²) in [4.78, 5) is 18.9. The number of rotatable bonds is 4. The number of aromatic nitrogens is 4. The molecule has 0 fully saturated rings. The van der Waals surface area contributed by atoms with E-state index in [9.17, 15) is 4.79 Å². The molecule has 90 valence electrons. The second-order valence-corrected chi connectivity index (χ2v) is 3.92. The number of ketones is 1. The van der Waals surface area contributed by atoms with Crippen molar-refractivity contribution in [2.24, 2.45) is 0 Å². The van der Waals surface area contributed by atoms with Crippen LogP contribution in [0.5, 0.6) is 5.88 Å². The fourth-order valence-electron chi connectivity index (χ4n) is 1.43. The number of ether oxygens (including phenoxy) is 1. The molecule has 0 saturated heterocycles. The minimum atomic E-state index is 0.112. The summed E-state index contributed by atoms with van der Waals surface area (Å²) in [5, 5.41) is 4.36. The zero-order chi connectivity index (χ0) is 12.4. The molecule has 2 heterocycles. The topological polar surface area (TPSA) is 69.9 Å². The first kappa shape index (κ1) is 11.8. The van der Waals surface area contributed by atoms with E-state index in [4.69, 9.17) is 16.3 Å². The third kappa shape index (κ3) is 2.52. The first-order valence-electron chi connectivity index (χ1n) is 5.04. The fourth-order valence-corrected chi connectivity index (χ4v) is 1.60. The molecule has 7 heteroatoms. The van der Waals surface area contributed by atoms with Crippen molar-refractivity contribution in [1.29, 1.82) is 0 Å². The molecule has 0 aliphatic heterocycles. The maximum Gasteiger partial charge on any atom is 0.246 e. The Morgan fingerprint density at radius 1 is 1.53 bits per heavy atom. The molecule has 0 spiro atoms. The fraction of sp³-hybridized carbons (Fsp3) is 0.400. The molecule has 0 aliphatic carbocycles. The van der Waals surface area contributed by atoms with Crippen molar-refractivity contribution >= 4 is 28.4 Å². The van der Waals surface area contributed by atoms with Crippen LogP contribution in [-0.2, 0) is 11.3 Å². The van der Waals surface area contributed by atoms with Crippen molar-refractivity contribution in [2.75, 3.05) is 7.11 Å². The second-order valence-electron chi connectivity index (χ2n) is 3.58. The number of hydrogen-bond acceptors (Lipinski definition) is 5. The summed E-state index contributed by atoms with van der Waals surface area (Å²) < 4.78 is 6.71. The minimum absolute atomic E-state index is 0.112. The van der Waals surface area contributed by atoms with E-state index in [1.165, 1.54) is 7.11 Å². The number of aryl methyl sites for hydroxylation is 1. The van der Waals surface area contributed by atoms with Crippen LogP contribution in [-0.4, -0.2) is 32.6 Å². The molecule has 6 nitrogen and oxygen atoms in total. The summed E-state index contributed by atoms with van der Waals surface area (Å²) in [5.41, 5.74) is 1.14. The number of carbonyl (C=O) groups is 1. The summed E-state index contributed by atoms with van der Waals surface area (Å²) in [6.07, 6.45) is 2.14. The lowest BCUT2D eigenvalue weighted by atomic mass is 10.3. The van der Waals surface area contributed by atoms with Crippen LogP contribution in [0.4, 0.5) is 0 Å². The van der Waals surface area contributed by atoms with Crippen molar-refractivity contribution in [3.8, 4) is 5.88 Å². The van der Waals surface area contributed by atoms with E-state index in [0.29, 0.717) is 29.9 Å². The van der Waals surface area contributed by atoms with Gasteiger partial charge in [-0.2, -0.15) is 10.1 Å². The number of fused-ring (bicyclic) bond motifs is 1. The van der Waals surface area contributed by atoms with E-state index < -0.39 is 0 Å². The van der Waals surface area contributed by atoms with Gasteiger partial charge in [-0.15, -0.1) is 0 Å². The quantitative estimate of drug-likeness (QED) is 0.773. The number of nitrogens with zero attached hydrogens (tertiary/aromatic N) is 4. The van der Waals surface area contributed by atoms with Crippen molar-refractivity contribution in [1.82, 2.24) is 19.7 Å². The van der Waals surface area contributed by atoms with Gasteiger partial charge in [-0.1, -0.05) is 0 Å². The Hall–Kier alpha value is -1.69. The summed E-state index contributed by atoms with van der Waals surface area (Å²) in [5.74, 6) is 0.446. The van der Waals surface area contributed by atoms with Crippen LogP contribution in [0.3, 0.4) is 0 Å².